The number of carbonyl (C=O) groups excluding carboxylic acids is 1. The van der Waals surface area contributed by atoms with Gasteiger partial charge in [-0.15, -0.1) is 0 Å². The molecule has 0 bridgehead atoms. The van der Waals surface area contributed by atoms with Crippen LogP contribution in [0.15, 0.2) is 4.99 Å². The van der Waals surface area contributed by atoms with Crippen LogP contribution in [0.25, 0.3) is 0 Å². The Balaban J connectivity index is 1.81. The van der Waals surface area contributed by atoms with Crippen molar-refractivity contribution in [1.29, 1.82) is 0 Å². The van der Waals surface area contributed by atoms with E-state index in [1.165, 1.54) is 32.1 Å². The van der Waals surface area contributed by atoms with E-state index >= 15 is 0 Å². The van der Waals surface area contributed by atoms with Crippen molar-refractivity contribution in [3.63, 3.8) is 0 Å². The van der Waals surface area contributed by atoms with Gasteiger partial charge in [0.05, 0.1) is 6.04 Å². The van der Waals surface area contributed by atoms with Gasteiger partial charge in [0.25, 0.3) is 0 Å². The van der Waals surface area contributed by atoms with Gasteiger partial charge in [-0.25, -0.2) is 0 Å². The molecule has 0 aromatic rings. The molecule has 1 aliphatic heterocycles. The summed E-state index contributed by atoms with van der Waals surface area (Å²) in [5.41, 5.74) is 0.171. The molecule has 1 unspecified atom stereocenters. The van der Waals surface area contributed by atoms with Gasteiger partial charge >= 0.3 is 0 Å². The Morgan fingerprint density at radius 3 is 2.62 bits per heavy atom. The summed E-state index contributed by atoms with van der Waals surface area (Å²) < 4.78 is 0. The minimum atomic E-state index is 0.0524. The number of rotatable bonds is 10. The smallest absolute Gasteiger partial charge is 0.239 e. The number of aliphatic imine (C=N–C) groups is 1. The number of nitrogens with zero attached hydrogens (tertiary/aromatic N) is 3. The third-order valence-electron chi connectivity index (χ3n) is 6.48. The molecule has 1 atom stereocenters. The second-order valence-electron chi connectivity index (χ2n) is 8.94. The van der Waals surface area contributed by atoms with E-state index in [4.69, 9.17) is 4.99 Å². The van der Waals surface area contributed by atoms with E-state index in [2.05, 4.69) is 22.5 Å². The Bertz CT molecular complexity index is 512. The van der Waals surface area contributed by atoms with Crippen LogP contribution in [-0.4, -0.2) is 86.2 Å². The second-order valence-corrected chi connectivity index (χ2v) is 8.94. The molecule has 7 nitrogen and oxygen atoms in total. The van der Waals surface area contributed by atoms with Gasteiger partial charge in [-0.2, -0.15) is 0 Å². The number of amides is 1. The molecule has 1 amide bonds. The van der Waals surface area contributed by atoms with E-state index in [0.29, 0.717) is 0 Å². The van der Waals surface area contributed by atoms with Gasteiger partial charge in [0.15, 0.2) is 5.96 Å². The average Bonchev–Trinajstić information content (AvgIpc) is 3.18. The van der Waals surface area contributed by atoms with Gasteiger partial charge in [-0.3, -0.25) is 14.7 Å². The van der Waals surface area contributed by atoms with E-state index < -0.39 is 0 Å². The van der Waals surface area contributed by atoms with Gasteiger partial charge in [0.1, 0.15) is 0 Å². The van der Waals surface area contributed by atoms with Crippen LogP contribution in [0.1, 0.15) is 64.7 Å². The Labute approximate surface area is 177 Å². The van der Waals surface area contributed by atoms with Crippen molar-refractivity contribution in [3.05, 3.63) is 0 Å². The largest absolute Gasteiger partial charge is 0.396 e. The molecule has 7 heteroatoms. The van der Waals surface area contributed by atoms with Crippen molar-refractivity contribution in [2.75, 3.05) is 53.4 Å². The summed E-state index contributed by atoms with van der Waals surface area (Å²) in [6, 6.07) is 0.0524. The third kappa shape index (κ3) is 7.45. The van der Waals surface area contributed by atoms with Gasteiger partial charge in [-0.05, 0) is 57.4 Å². The van der Waals surface area contributed by atoms with Crippen molar-refractivity contribution in [2.24, 2.45) is 10.4 Å². The molecule has 0 aromatic heterocycles. The first kappa shape index (κ1) is 23.9. The first-order chi connectivity index (χ1) is 14.0. The van der Waals surface area contributed by atoms with Crippen LogP contribution in [0.2, 0.25) is 0 Å². The molecular weight excluding hydrogens is 366 g/mol. The van der Waals surface area contributed by atoms with E-state index in [0.717, 1.165) is 64.4 Å². The highest BCUT2D eigenvalue weighted by molar-refractivity contribution is 5.81. The fraction of sp³-hybridized carbons (Fsp3) is 0.909. The molecule has 168 valence electrons. The highest BCUT2D eigenvalue weighted by Gasteiger charge is 2.32. The molecule has 29 heavy (non-hydrogen) atoms. The molecule has 1 saturated carbocycles. The van der Waals surface area contributed by atoms with Gasteiger partial charge in [0, 0.05) is 46.9 Å². The van der Waals surface area contributed by atoms with E-state index in [1.54, 1.807) is 4.90 Å². The SMILES string of the molecule is CCNC(=NCC1(CCO)CCCCC1)NCCCN1CCCC1C(=O)N(C)C. The molecule has 0 spiro atoms. The maximum absolute atomic E-state index is 12.3. The monoisotopic (exact) mass is 409 g/mol. The van der Waals surface area contributed by atoms with Crippen molar-refractivity contribution in [3.8, 4) is 0 Å². The number of hydrogen-bond donors (Lipinski definition) is 3. The lowest BCUT2D eigenvalue weighted by molar-refractivity contribution is -0.133. The van der Waals surface area contributed by atoms with Crippen LogP contribution in [0.3, 0.4) is 0 Å². The Kier molecular flexibility index (Phi) is 10.2. The summed E-state index contributed by atoms with van der Waals surface area (Å²) in [7, 11) is 3.69. The first-order valence-corrected chi connectivity index (χ1v) is 11.6. The number of likely N-dealkylation sites (N-methyl/N-ethyl adjacent to an activating group) is 1. The lowest BCUT2D eigenvalue weighted by atomic mass is 9.72. The van der Waals surface area contributed by atoms with Crippen molar-refractivity contribution in [2.45, 2.75) is 70.8 Å². The van der Waals surface area contributed by atoms with Crippen LogP contribution < -0.4 is 10.6 Å². The van der Waals surface area contributed by atoms with Crippen LogP contribution in [0.5, 0.6) is 0 Å². The number of carbonyl (C=O) groups is 1. The summed E-state index contributed by atoms with van der Waals surface area (Å²) in [5, 5.41) is 16.3. The van der Waals surface area contributed by atoms with Crippen molar-refractivity contribution in [1.82, 2.24) is 20.4 Å². The third-order valence-corrected chi connectivity index (χ3v) is 6.48. The Morgan fingerprint density at radius 2 is 1.97 bits per heavy atom. The molecular formula is C22H43N5O2. The summed E-state index contributed by atoms with van der Waals surface area (Å²) >= 11 is 0. The molecule has 2 aliphatic rings. The topological polar surface area (TPSA) is 80.2 Å². The molecule has 0 radical (unpaired) electrons. The molecule has 0 aromatic carbocycles. The summed E-state index contributed by atoms with van der Waals surface area (Å²) in [6.45, 7) is 6.76. The summed E-state index contributed by atoms with van der Waals surface area (Å²) in [4.78, 5) is 21.2. The zero-order valence-corrected chi connectivity index (χ0v) is 18.9. The van der Waals surface area contributed by atoms with Gasteiger partial charge < -0.3 is 20.6 Å². The Hall–Kier alpha value is -1.34. The summed E-state index contributed by atoms with van der Waals surface area (Å²) in [6.07, 6.45) is 10.1. The number of likely N-dealkylation sites (tertiary alicyclic amines) is 1. The van der Waals surface area contributed by atoms with Crippen molar-refractivity contribution >= 4 is 11.9 Å². The van der Waals surface area contributed by atoms with Gasteiger partial charge in [0.2, 0.25) is 5.91 Å². The lowest BCUT2D eigenvalue weighted by Gasteiger charge is -2.35. The molecule has 1 aliphatic carbocycles. The zero-order chi connectivity index (χ0) is 21.1. The van der Waals surface area contributed by atoms with Gasteiger partial charge in [-0.1, -0.05) is 19.3 Å². The average molecular weight is 410 g/mol. The number of guanidine groups is 1. The number of aliphatic hydroxyl groups excluding tert-OH is 1. The van der Waals surface area contributed by atoms with E-state index in [9.17, 15) is 9.90 Å². The molecule has 2 fully saturated rings. The minimum absolute atomic E-state index is 0.0524. The van der Waals surface area contributed by atoms with Crippen LogP contribution >= 0.6 is 0 Å². The van der Waals surface area contributed by atoms with Crippen LogP contribution in [0.4, 0.5) is 0 Å². The zero-order valence-electron chi connectivity index (χ0n) is 18.9. The number of aliphatic hydroxyl groups is 1. The highest BCUT2D eigenvalue weighted by Crippen LogP contribution is 2.39. The van der Waals surface area contributed by atoms with Crippen LogP contribution in [0, 0.1) is 5.41 Å². The molecule has 3 N–H and O–H groups in total. The standard InChI is InChI=1S/C22H43N5O2/c1-4-23-21(25-18-22(13-17-28)11-6-5-7-12-22)24-14-9-16-27-15-8-10-19(27)20(29)26(2)3/h19,28H,4-18H2,1-3H3,(H2,23,24,25). The number of nitrogens with one attached hydrogen (secondary N) is 2. The highest BCUT2D eigenvalue weighted by atomic mass is 16.3. The van der Waals surface area contributed by atoms with Crippen molar-refractivity contribution < 1.29 is 9.90 Å². The Morgan fingerprint density at radius 1 is 1.21 bits per heavy atom. The van der Waals surface area contributed by atoms with E-state index in [1.807, 2.05) is 14.1 Å². The fourth-order valence-electron chi connectivity index (χ4n) is 4.78. The second kappa shape index (κ2) is 12.4. The minimum Gasteiger partial charge on any atom is -0.396 e. The first-order valence-electron chi connectivity index (χ1n) is 11.6. The quantitative estimate of drug-likeness (QED) is 0.291. The molecule has 2 rings (SSSR count). The normalized spacial score (nSPS) is 22.5. The maximum Gasteiger partial charge on any atom is 0.239 e. The van der Waals surface area contributed by atoms with E-state index in [-0.39, 0.29) is 24.0 Å². The predicted molar refractivity (Wildman–Crippen MR) is 119 cm³/mol. The number of hydrogen-bond acceptors (Lipinski definition) is 4. The molecule has 1 heterocycles. The molecule has 1 saturated heterocycles. The summed E-state index contributed by atoms with van der Waals surface area (Å²) in [5.74, 6) is 1.10. The fourth-order valence-corrected chi connectivity index (χ4v) is 4.78. The lowest BCUT2D eigenvalue weighted by Crippen LogP contribution is -2.44. The predicted octanol–water partition coefficient (Wildman–Crippen LogP) is 1.82. The van der Waals surface area contributed by atoms with Crippen LogP contribution in [-0.2, 0) is 4.79 Å². The maximum atomic E-state index is 12.3.